The van der Waals surface area contributed by atoms with Gasteiger partial charge in [0.15, 0.2) is 5.84 Å². The Labute approximate surface area is 132 Å². The highest BCUT2D eigenvalue weighted by atomic mass is 16.3. The van der Waals surface area contributed by atoms with E-state index in [1.165, 1.54) is 19.0 Å². The minimum absolute atomic E-state index is 0.128. The molecule has 5 heteroatoms. The fraction of sp³-hybridized carbons (Fsp3) is 0.647. The number of hydrogen-bond donors (Lipinski definition) is 2. The maximum Gasteiger partial charge on any atom is 0.151 e. The van der Waals surface area contributed by atoms with Crippen LogP contribution in [0.4, 0.5) is 0 Å². The van der Waals surface area contributed by atoms with Crippen LogP contribution in [0.2, 0.25) is 0 Å². The van der Waals surface area contributed by atoms with Crippen molar-refractivity contribution in [2.75, 3.05) is 0 Å². The van der Waals surface area contributed by atoms with Crippen molar-refractivity contribution in [2.24, 2.45) is 22.6 Å². The Morgan fingerprint density at radius 3 is 2.86 bits per heavy atom. The summed E-state index contributed by atoms with van der Waals surface area (Å²) in [7, 11) is 0. The third-order valence-electron chi connectivity index (χ3n) is 5.48. The number of aliphatic imine (C=N–C) groups is 1. The lowest BCUT2D eigenvalue weighted by atomic mass is 9.67. The summed E-state index contributed by atoms with van der Waals surface area (Å²) in [4.78, 5) is 8.51. The molecule has 22 heavy (non-hydrogen) atoms. The minimum Gasteiger partial charge on any atom is -0.393 e. The average Bonchev–Trinajstić information content (AvgIpc) is 2.89. The molecular weight excluding hydrogens is 276 g/mol. The highest BCUT2D eigenvalue weighted by Gasteiger charge is 2.40. The standard InChI is InChI=1S/C17H26N4O/c1-3-19-17(18)16-11(2)21(10-20-16)14-8-4-7-13-12(14)6-5-9-15(13)22/h3,10,12-15,22H,1,4-9H2,2H3,(H2,18,19)/t12?,13?,14?,15-/m1/s1. The molecule has 4 atom stereocenters. The number of aromatic nitrogens is 2. The Kier molecular flexibility index (Phi) is 4.34. The van der Waals surface area contributed by atoms with Crippen LogP contribution in [-0.4, -0.2) is 26.6 Å². The number of nitrogens with two attached hydrogens (primary N) is 1. The van der Waals surface area contributed by atoms with E-state index in [2.05, 4.69) is 28.0 Å². The topological polar surface area (TPSA) is 76.4 Å². The van der Waals surface area contributed by atoms with Crippen molar-refractivity contribution in [3.8, 4) is 0 Å². The van der Waals surface area contributed by atoms with E-state index in [-0.39, 0.29) is 6.10 Å². The number of amidine groups is 1. The third kappa shape index (κ3) is 2.58. The van der Waals surface area contributed by atoms with Crippen molar-refractivity contribution >= 4 is 5.84 Å². The summed E-state index contributed by atoms with van der Waals surface area (Å²) in [5.41, 5.74) is 7.78. The van der Waals surface area contributed by atoms with E-state index in [1.807, 2.05) is 6.33 Å². The SMILES string of the molecule is C=CN=C(N)c1ncn(C2CCCC3C2CCC[C@H]3O)c1C. The summed E-state index contributed by atoms with van der Waals surface area (Å²) in [6.07, 6.45) is 9.98. The van der Waals surface area contributed by atoms with Gasteiger partial charge in [-0.25, -0.2) is 9.98 Å². The lowest BCUT2D eigenvalue weighted by molar-refractivity contribution is -0.0121. The van der Waals surface area contributed by atoms with Gasteiger partial charge >= 0.3 is 0 Å². The number of aliphatic hydroxyl groups excluding tert-OH is 1. The Morgan fingerprint density at radius 2 is 2.09 bits per heavy atom. The molecule has 2 aliphatic rings. The van der Waals surface area contributed by atoms with E-state index in [0.29, 0.717) is 23.7 Å². The summed E-state index contributed by atoms with van der Waals surface area (Å²) < 4.78 is 2.26. The summed E-state index contributed by atoms with van der Waals surface area (Å²) in [6.45, 7) is 5.64. The van der Waals surface area contributed by atoms with Crippen molar-refractivity contribution in [2.45, 2.75) is 57.6 Å². The highest BCUT2D eigenvalue weighted by Crippen LogP contribution is 2.46. The quantitative estimate of drug-likeness (QED) is 0.665. The number of hydrogen-bond acceptors (Lipinski definition) is 3. The van der Waals surface area contributed by atoms with Gasteiger partial charge in [-0.15, -0.1) is 0 Å². The molecule has 3 rings (SSSR count). The first-order valence-corrected chi connectivity index (χ1v) is 8.29. The Balaban J connectivity index is 1.90. The number of fused-ring (bicyclic) bond motifs is 1. The molecule has 0 amide bonds. The van der Waals surface area contributed by atoms with Crippen molar-refractivity contribution in [1.82, 2.24) is 9.55 Å². The smallest absolute Gasteiger partial charge is 0.151 e. The molecule has 0 spiro atoms. The van der Waals surface area contributed by atoms with Gasteiger partial charge in [0.2, 0.25) is 0 Å². The molecule has 1 heterocycles. The van der Waals surface area contributed by atoms with Crippen molar-refractivity contribution in [1.29, 1.82) is 0 Å². The predicted molar refractivity (Wildman–Crippen MR) is 87.6 cm³/mol. The fourth-order valence-corrected chi connectivity index (χ4v) is 4.45. The van der Waals surface area contributed by atoms with Gasteiger partial charge in [0.25, 0.3) is 0 Å². The van der Waals surface area contributed by atoms with E-state index in [1.54, 1.807) is 0 Å². The van der Waals surface area contributed by atoms with E-state index >= 15 is 0 Å². The van der Waals surface area contributed by atoms with Crippen molar-refractivity contribution in [3.05, 3.63) is 30.5 Å². The maximum absolute atomic E-state index is 10.3. The molecule has 2 aliphatic carbocycles. The molecule has 0 aromatic carbocycles. The van der Waals surface area contributed by atoms with E-state index in [9.17, 15) is 5.11 Å². The maximum atomic E-state index is 10.3. The third-order valence-corrected chi connectivity index (χ3v) is 5.48. The van der Waals surface area contributed by atoms with E-state index in [0.717, 1.165) is 37.1 Å². The zero-order valence-electron chi connectivity index (χ0n) is 13.3. The second kappa shape index (κ2) is 6.24. The molecule has 5 nitrogen and oxygen atoms in total. The van der Waals surface area contributed by atoms with Crippen LogP contribution in [0.25, 0.3) is 0 Å². The first kappa shape index (κ1) is 15.3. The number of imidazole rings is 1. The van der Waals surface area contributed by atoms with Crippen molar-refractivity contribution in [3.63, 3.8) is 0 Å². The molecular formula is C17H26N4O. The molecule has 0 aliphatic heterocycles. The van der Waals surface area contributed by atoms with Crippen LogP contribution in [0.15, 0.2) is 24.1 Å². The van der Waals surface area contributed by atoms with Crippen LogP contribution in [0.3, 0.4) is 0 Å². The fourth-order valence-electron chi connectivity index (χ4n) is 4.45. The molecule has 0 bridgehead atoms. The van der Waals surface area contributed by atoms with E-state index in [4.69, 9.17) is 5.73 Å². The minimum atomic E-state index is -0.128. The Bertz CT molecular complexity index is 577. The summed E-state index contributed by atoms with van der Waals surface area (Å²) in [5, 5.41) is 10.3. The number of nitrogens with zero attached hydrogens (tertiary/aromatic N) is 3. The first-order chi connectivity index (χ1) is 10.6. The number of aliphatic hydroxyl groups is 1. The lowest BCUT2D eigenvalue weighted by Gasteiger charge is -2.44. The summed E-state index contributed by atoms with van der Waals surface area (Å²) in [5.74, 6) is 1.41. The van der Waals surface area contributed by atoms with Crippen LogP contribution in [0, 0.1) is 18.8 Å². The molecule has 2 saturated carbocycles. The molecule has 2 fully saturated rings. The Hall–Kier alpha value is -1.62. The van der Waals surface area contributed by atoms with Gasteiger partial charge in [-0.3, -0.25) is 0 Å². The van der Waals surface area contributed by atoms with Crippen LogP contribution in [-0.2, 0) is 0 Å². The van der Waals surface area contributed by atoms with Crippen LogP contribution in [0.5, 0.6) is 0 Å². The predicted octanol–water partition coefficient (Wildman–Crippen LogP) is 2.54. The van der Waals surface area contributed by atoms with Gasteiger partial charge in [-0.2, -0.15) is 0 Å². The van der Waals surface area contributed by atoms with Gasteiger partial charge in [0.05, 0.1) is 12.4 Å². The molecule has 0 saturated heterocycles. The number of rotatable bonds is 3. The second-order valence-electron chi connectivity index (χ2n) is 6.61. The van der Waals surface area contributed by atoms with Gasteiger partial charge in [-0.05, 0) is 44.4 Å². The van der Waals surface area contributed by atoms with Crippen LogP contribution >= 0.6 is 0 Å². The van der Waals surface area contributed by atoms with Crippen molar-refractivity contribution < 1.29 is 5.11 Å². The molecule has 1 aromatic heterocycles. The molecule has 0 radical (unpaired) electrons. The second-order valence-corrected chi connectivity index (χ2v) is 6.61. The largest absolute Gasteiger partial charge is 0.393 e. The average molecular weight is 302 g/mol. The monoisotopic (exact) mass is 302 g/mol. The summed E-state index contributed by atoms with van der Waals surface area (Å²) in [6, 6.07) is 0.423. The highest BCUT2D eigenvalue weighted by molar-refractivity contribution is 5.97. The molecule has 3 N–H and O–H groups in total. The molecule has 120 valence electrons. The normalized spacial score (nSPS) is 32.5. The molecule has 1 aromatic rings. The summed E-state index contributed by atoms with van der Waals surface area (Å²) >= 11 is 0. The van der Waals surface area contributed by atoms with Gasteiger partial charge in [0.1, 0.15) is 5.69 Å². The van der Waals surface area contributed by atoms with Crippen LogP contribution in [0.1, 0.15) is 56.0 Å². The van der Waals surface area contributed by atoms with Gasteiger partial charge in [0, 0.05) is 17.9 Å². The molecule has 3 unspecified atom stereocenters. The van der Waals surface area contributed by atoms with E-state index < -0.39 is 0 Å². The zero-order chi connectivity index (χ0) is 15.7. The van der Waals surface area contributed by atoms with Gasteiger partial charge < -0.3 is 15.4 Å². The first-order valence-electron chi connectivity index (χ1n) is 8.29. The van der Waals surface area contributed by atoms with Crippen LogP contribution < -0.4 is 5.73 Å². The lowest BCUT2D eigenvalue weighted by Crippen LogP contribution is -2.40. The Morgan fingerprint density at radius 1 is 1.36 bits per heavy atom. The van der Waals surface area contributed by atoms with Gasteiger partial charge in [-0.1, -0.05) is 19.4 Å². The zero-order valence-corrected chi connectivity index (χ0v) is 13.3.